The number of carbonyl (C=O) groups is 3. The van der Waals surface area contributed by atoms with Gasteiger partial charge in [0.1, 0.15) is 24.2 Å². The smallest absolute Gasteiger partial charge is 0.325 e. The molecule has 0 aliphatic carbocycles. The fourth-order valence-corrected chi connectivity index (χ4v) is 3.14. The first kappa shape index (κ1) is 19.2. The van der Waals surface area contributed by atoms with Crippen molar-refractivity contribution >= 4 is 23.5 Å². The van der Waals surface area contributed by atoms with Crippen molar-refractivity contribution < 1.29 is 18.8 Å². The van der Waals surface area contributed by atoms with Crippen molar-refractivity contribution in [3.63, 3.8) is 0 Å². The standard InChI is InChI=1S/C19H16FN7O3/c1-19(12-2-4-13(20)5-3-12)17(29)26(18(30)23-19)10-16(28)22-14-6-8-15(9-7-14)27-11-21-24-25-27/h2-9,11H,10H2,1H3,(H,22,28)(H,23,30). The summed E-state index contributed by atoms with van der Waals surface area (Å²) in [5, 5.41) is 16.1. The predicted octanol–water partition coefficient (Wildman–Crippen LogP) is 1.21. The van der Waals surface area contributed by atoms with Crippen LogP contribution in [0.1, 0.15) is 12.5 Å². The van der Waals surface area contributed by atoms with Gasteiger partial charge in [-0.25, -0.2) is 13.9 Å². The average Bonchev–Trinajstić information content (AvgIpc) is 3.33. The molecular weight excluding hydrogens is 393 g/mol. The third kappa shape index (κ3) is 3.48. The quantitative estimate of drug-likeness (QED) is 0.611. The van der Waals surface area contributed by atoms with E-state index in [1.165, 1.54) is 42.2 Å². The molecule has 152 valence electrons. The van der Waals surface area contributed by atoms with Gasteiger partial charge < -0.3 is 10.6 Å². The van der Waals surface area contributed by atoms with Gasteiger partial charge in [0.15, 0.2) is 0 Å². The molecule has 2 aromatic carbocycles. The Labute approximate surface area is 169 Å². The summed E-state index contributed by atoms with van der Waals surface area (Å²) in [6, 6.07) is 11.2. The SMILES string of the molecule is CC1(c2ccc(F)cc2)NC(=O)N(CC(=O)Nc2ccc(-n3cnnn3)cc2)C1=O. The van der Waals surface area contributed by atoms with Crippen LogP contribution in [0.15, 0.2) is 54.9 Å². The van der Waals surface area contributed by atoms with Gasteiger partial charge in [-0.15, -0.1) is 5.10 Å². The molecule has 1 aliphatic rings. The summed E-state index contributed by atoms with van der Waals surface area (Å²) in [5.74, 6) is -1.60. The molecule has 0 bridgehead atoms. The molecule has 30 heavy (non-hydrogen) atoms. The Morgan fingerprint density at radius 1 is 1.13 bits per heavy atom. The second-order valence-electron chi connectivity index (χ2n) is 6.80. The normalized spacial score (nSPS) is 18.4. The van der Waals surface area contributed by atoms with Gasteiger partial charge in [-0.3, -0.25) is 14.5 Å². The number of tetrazole rings is 1. The van der Waals surface area contributed by atoms with E-state index in [2.05, 4.69) is 26.2 Å². The highest BCUT2D eigenvalue weighted by Crippen LogP contribution is 2.28. The van der Waals surface area contributed by atoms with E-state index in [1.54, 1.807) is 24.3 Å². The molecule has 0 saturated carbocycles. The van der Waals surface area contributed by atoms with E-state index in [4.69, 9.17) is 0 Å². The minimum atomic E-state index is -1.38. The van der Waals surface area contributed by atoms with Crippen LogP contribution < -0.4 is 10.6 Å². The van der Waals surface area contributed by atoms with E-state index in [-0.39, 0.29) is 0 Å². The predicted molar refractivity (Wildman–Crippen MR) is 102 cm³/mol. The van der Waals surface area contributed by atoms with Crippen LogP contribution in [0, 0.1) is 5.82 Å². The van der Waals surface area contributed by atoms with Gasteiger partial charge in [0.05, 0.1) is 5.69 Å². The zero-order chi connectivity index (χ0) is 21.3. The van der Waals surface area contributed by atoms with Gasteiger partial charge in [0, 0.05) is 5.69 Å². The van der Waals surface area contributed by atoms with Crippen molar-refractivity contribution in [3.8, 4) is 5.69 Å². The monoisotopic (exact) mass is 409 g/mol. The summed E-state index contributed by atoms with van der Waals surface area (Å²) >= 11 is 0. The van der Waals surface area contributed by atoms with Crippen LogP contribution in [0.4, 0.5) is 14.9 Å². The van der Waals surface area contributed by atoms with Crippen molar-refractivity contribution in [1.82, 2.24) is 30.4 Å². The van der Waals surface area contributed by atoms with Crippen LogP contribution in [0.2, 0.25) is 0 Å². The number of hydrogen-bond donors (Lipinski definition) is 2. The molecule has 11 heteroatoms. The fraction of sp³-hybridized carbons (Fsp3) is 0.158. The number of hydrogen-bond acceptors (Lipinski definition) is 6. The topological polar surface area (TPSA) is 122 Å². The number of nitrogens with zero attached hydrogens (tertiary/aromatic N) is 5. The average molecular weight is 409 g/mol. The van der Waals surface area contributed by atoms with Crippen LogP contribution in [-0.2, 0) is 15.1 Å². The molecule has 1 unspecified atom stereocenters. The molecule has 1 fully saturated rings. The number of nitrogens with one attached hydrogen (secondary N) is 2. The maximum atomic E-state index is 13.2. The van der Waals surface area contributed by atoms with Crippen LogP contribution in [0.25, 0.3) is 5.69 Å². The van der Waals surface area contributed by atoms with E-state index < -0.39 is 35.7 Å². The summed E-state index contributed by atoms with van der Waals surface area (Å²) in [6.45, 7) is 1.05. The van der Waals surface area contributed by atoms with Crippen LogP contribution in [0.3, 0.4) is 0 Å². The summed E-state index contributed by atoms with van der Waals surface area (Å²) in [7, 11) is 0. The van der Waals surface area contributed by atoms with E-state index in [9.17, 15) is 18.8 Å². The molecule has 2 heterocycles. The lowest BCUT2D eigenvalue weighted by atomic mass is 9.92. The molecule has 1 saturated heterocycles. The minimum Gasteiger partial charge on any atom is -0.325 e. The lowest BCUT2D eigenvalue weighted by molar-refractivity contribution is -0.133. The second kappa shape index (κ2) is 7.35. The molecule has 1 aromatic heterocycles. The number of aromatic nitrogens is 4. The number of amides is 4. The Morgan fingerprint density at radius 2 is 1.83 bits per heavy atom. The van der Waals surface area contributed by atoms with Crippen molar-refractivity contribution in [3.05, 3.63) is 66.2 Å². The molecule has 4 amide bonds. The fourth-order valence-electron chi connectivity index (χ4n) is 3.14. The maximum absolute atomic E-state index is 13.2. The van der Waals surface area contributed by atoms with Gasteiger partial charge in [-0.2, -0.15) is 0 Å². The molecule has 10 nitrogen and oxygen atoms in total. The number of rotatable bonds is 5. The highest BCUT2D eigenvalue weighted by Gasteiger charge is 2.49. The first-order chi connectivity index (χ1) is 14.4. The molecule has 0 radical (unpaired) electrons. The summed E-state index contributed by atoms with van der Waals surface area (Å²) in [5.41, 5.74) is 0.217. The molecule has 4 rings (SSSR count). The number of carbonyl (C=O) groups excluding carboxylic acids is 3. The Balaban J connectivity index is 1.43. The summed E-state index contributed by atoms with van der Waals surface area (Å²) < 4.78 is 14.6. The minimum absolute atomic E-state index is 0.420. The first-order valence-electron chi connectivity index (χ1n) is 8.90. The number of benzene rings is 2. The Kier molecular flexibility index (Phi) is 4.70. The lowest BCUT2D eigenvalue weighted by Gasteiger charge is -2.22. The molecular formula is C19H16FN7O3. The highest BCUT2D eigenvalue weighted by atomic mass is 19.1. The Hall–Kier alpha value is -4.15. The second-order valence-corrected chi connectivity index (χ2v) is 6.80. The summed E-state index contributed by atoms with van der Waals surface area (Å²) in [6.07, 6.45) is 1.43. The summed E-state index contributed by atoms with van der Waals surface area (Å²) in [4.78, 5) is 38.4. The molecule has 1 aliphatic heterocycles. The highest BCUT2D eigenvalue weighted by molar-refractivity contribution is 6.10. The Morgan fingerprint density at radius 3 is 2.47 bits per heavy atom. The van der Waals surface area contributed by atoms with Gasteiger partial charge >= 0.3 is 6.03 Å². The first-order valence-corrected chi connectivity index (χ1v) is 8.90. The zero-order valence-electron chi connectivity index (χ0n) is 15.7. The third-order valence-corrected chi connectivity index (χ3v) is 4.76. The van der Waals surface area contributed by atoms with Gasteiger partial charge in [0.25, 0.3) is 5.91 Å². The lowest BCUT2D eigenvalue weighted by Crippen LogP contribution is -2.42. The van der Waals surface area contributed by atoms with Gasteiger partial charge in [-0.1, -0.05) is 12.1 Å². The van der Waals surface area contributed by atoms with Crippen molar-refractivity contribution in [2.45, 2.75) is 12.5 Å². The van der Waals surface area contributed by atoms with E-state index in [0.717, 1.165) is 4.90 Å². The van der Waals surface area contributed by atoms with Crippen molar-refractivity contribution in [2.24, 2.45) is 0 Å². The van der Waals surface area contributed by atoms with Crippen molar-refractivity contribution in [2.75, 3.05) is 11.9 Å². The van der Waals surface area contributed by atoms with E-state index in [0.29, 0.717) is 16.9 Å². The van der Waals surface area contributed by atoms with E-state index in [1.807, 2.05) is 0 Å². The molecule has 0 spiro atoms. The van der Waals surface area contributed by atoms with Gasteiger partial charge in [-0.05, 0) is 59.3 Å². The van der Waals surface area contributed by atoms with Gasteiger partial charge in [0.2, 0.25) is 5.91 Å². The largest absolute Gasteiger partial charge is 0.325 e. The number of anilines is 1. The maximum Gasteiger partial charge on any atom is 0.325 e. The Bertz CT molecular complexity index is 1100. The molecule has 3 aromatic rings. The van der Waals surface area contributed by atoms with Crippen LogP contribution in [-0.4, -0.2) is 49.5 Å². The number of halogens is 1. The third-order valence-electron chi connectivity index (χ3n) is 4.76. The zero-order valence-corrected chi connectivity index (χ0v) is 15.7. The van der Waals surface area contributed by atoms with Crippen LogP contribution >= 0.6 is 0 Å². The number of imide groups is 1. The molecule has 1 atom stereocenters. The van der Waals surface area contributed by atoms with Crippen molar-refractivity contribution in [1.29, 1.82) is 0 Å². The molecule has 2 N–H and O–H groups in total. The van der Waals surface area contributed by atoms with E-state index >= 15 is 0 Å². The number of urea groups is 1. The van der Waals surface area contributed by atoms with Crippen LogP contribution in [0.5, 0.6) is 0 Å².